The summed E-state index contributed by atoms with van der Waals surface area (Å²) in [5.74, 6) is 14.4. The van der Waals surface area contributed by atoms with E-state index < -0.39 is 26.5 Å². The molecular formula is C16H28Ge2Ti. The van der Waals surface area contributed by atoms with Gasteiger partial charge < -0.3 is 2.85 Å². The second kappa shape index (κ2) is 8.26. The van der Waals surface area contributed by atoms with Gasteiger partial charge in [0.2, 0.25) is 0 Å². The SMILES string of the molecule is [CH3][Ge]([CH3])([CH3])[C]1=[C-]CC=C1.[CH3][Ge]([CH3])([CH3])[C]1=[C-]CC=C1.[H-].[H-].[Ti+4]. The summed E-state index contributed by atoms with van der Waals surface area (Å²) < 4.78 is 3.07. The van der Waals surface area contributed by atoms with Crippen molar-refractivity contribution in [2.24, 2.45) is 0 Å². The summed E-state index contributed by atoms with van der Waals surface area (Å²) >= 11 is -2.92. The van der Waals surface area contributed by atoms with E-state index in [1.54, 1.807) is 0 Å². The molecule has 19 heavy (non-hydrogen) atoms. The molecule has 2 rings (SSSR count). The summed E-state index contributed by atoms with van der Waals surface area (Å²) in [6.07, 6.45) is 17.8. The van der Waals surface area contributed by atoms with Gasteiger partial charge in [0, 0.05) is 0 Å². The van der Waals surface area contributed by atoms with Crippen LogP contribution in [-0.2, 0) is 21.7 Å². The van der Waals surface area contributed by atoms with Crippen molar-refractivity contribution in [3.63, 3.8) is 0 Å². The predicted molar refractivity (Wildman–Crippen MR) is 89.9 cm³/mol. The average molecular weight is 413 g/mol. The van der Waals surface area contributed by atoms with Crippen molar-refractivity contribution in [2.75, 3.05) is 0 Å². The Balaban J connectivity index is -0.000000270. The first-order chi connectivity index (χ1) is 8.21. The summed E-state index contributed by atoms with van der Waals surface area (Å²) in [7, 11) is 0. The van der Waals surface area contributed by atoms with Gasteiger partial charge in [-0.3, -0.25) is 0 Å². The van der Waals surface area contributed by atoms with E-state index in [0.717, 1.165) is 12.8 Å². The molecule has 0 aromatic rings. The summed E-state index contributed by atoms with van der Waals surface area (Å²) in [5, 5.41) is 0. The maximum atomic E-state index is 3.39. The van der Waals surface area contributed by atoms with Crippen LogP contribution in [0, 0.1) is 12.2 Å². The van der Waals surface area contributed by atoms with Crippen LogP contribution in [0.3, 0.4) is 0 Å². The Morgan fingerprint density at radius 2 is 1.11 bits per heavy atom. The largest absolute Gasteiger partial charge is 4.00 e. The molecule has 2 aliphatic carbocycles. The Kier molecular flexibility index (Phi) is 8.59. The number of hydrogen-bond acceptors (Lipinski definition) is 0. The number of hydrogen-bond donors (Lipinski definition) is 0. The molecule has 0 aromatic heterocycles. The van der Waals surface area contributed by atoms with Gasteiger partial charge in [0.1, 0.15) is 0 Å². The Hall–Kier alpha value is 0.760. The second-order valence-corrected chi connectivity index (χ2v) is 28.0. The minimum atomic E-state index is -1.46. The van der Waals surface area contributed by atoms with Crippen LogP contribution in [0.5, 0.6) is 0 Å². The van der Waals surface area contributed by atoms with Gasteiger partial charge in [0.25, 0.3) is 0 Å². The van der Waals surface area contributed by atoms with Crippen LogP contribution in [0.4, 0.5) is 0 Å². The van der Waals surface area contributed by atoms with Crippen LogP contribution in [-0.4, -0.2) is 26.5 Å². The first-order valence-corrected chi connectivity index (χ1v) is 21.5. The monoisotopic (exact) mass is 416 g/mol. The van der Waals surface area contributed by atoms with Crippen molar-refractivity contribution >= 4 is 26.5 Å². The van der Waals surface area contributed by atoms with Crippen molar-refractivity contribution in [3.05, 3.63) is 45.3 Å². The minimum Gasteiger partial charge on any atom is -1.00 e. The van der Waals surface area contributed by atoms with Gasteiger partial charge in [-0.15, -0.1) is 0 Å². The maximum absolute atomic E-state index is 3.39. The molecule has 0 bridgehead atoms. The van der Waals surface area contributed by atoms with Gasteiger partial charge in [0.15, 0.2) is 0 Å². The predicted octanol–water partition coefficient (Wildman–Crippen LogP) is 5.33. The molecule has 0 heterocycles. The van der Waals surface area contributed by atoms with Gasteiger partial charge in [0.05, 0.1) is 0 Å². The van der Waals surface area contributed by atoms with Crippen molar-refractivity contribution < 1.29 is 24.6 Å². The zero-order chi connectivity index (χ0) is 13.8. The fraction of sp³-hybridized carbons (Fsp3) is 0.500. The molecule has 0 unspecified atom stereocenters. The Morgan fingerprint density at radius 3 is 1.21 bits per heavy atom. The molecule has 0 aliphatic heterocycles. The molecular weight excluding hydrogens is 385 g/mol. The first-order valence-electron chi connectivity index (χ1n) is 6.77. The molecule has 0 nitrogen and oxygen atoms in total. The minimum absolute atomic E-state index is 0. The molecule has 0 saturated heterocycles. The van der Waals surface area contributed by atoms with Gasteiger partial charge >= 0.3 is 141 Å². The fourth-order valence-corrected chi connectivity index (χ4v) is 7.09. The average Bonchev–Trinajstić information content (AvgIpc) is 2.91. The van der Waals surface area contributed by atoms with E-state index in [4.69, 9.17) is 0 Å². The Bertz CT molecular complexity index is 371. The van der Waals surface area contributed by atoms with Crippen LogP contribution < -0.4 is 0 Å². The Labute approximate surface area is 143 Å². The van der Waals surface area contributed by atoms with Gasteiger partial charge in [-0.05, 0) is 0 Å². The standard InChI is InChI=1S/2C8H13Ge.Ti.2H/c2*1-9(2,3)8-6-4-5-7-8;;;/h2*4,6H,5H2,1-3H3;;;/q2*-1;+4;2*-1. The zero-order valence-electron chi connectivity index (χ0n) is 15.2. The molecule has 3 heteroatoms. The van der Waals surface area contributed by atoms with Crippen LogP contribution in [0.25, 0.3) is 0 Å². The first kappa shape index (κ1) is 19.8. The van der Waals surface area contributed by atoms with Crippen LogP contribution in [0.15, 0.2) is 33.1 Å². The van der Waals surface area contributed by atoms with Crippen LogP contribution >= 0.6 is 0 Å². The Morgan fingerprint density at radius 1 is 0.789 bits per heavy atom. The fourth-order valence-electron chi connectivity index (χ4n) is 1.84. The van der Waals surface area contributed by atoms with Gasteiger partial charge in [-0.2, -0.15) is 0 Å². The normalized spacial score (nSPS) is 17.4. The van der Waals surface area contributed by atoms with Crippen LogP contribution in [0.1, 0.15) is 15.7 Å². The third-order valence-electron chi connectivity index (χ3n) is 3.01. The van der Waals surface area contributed by atoms with E-state index >= 15 is 0 Å². The molecule has 2 aliphatic rings. The zero-order valence-corrected chi connectivity index (χ0v) is 19.0. The molecule has 0 atom stereocenters. The molecule has 0 saturated carbocycles. The molecule has 0 radical (unpaired) electrons. The van der Waals surface area contributed by atoms with E-state index in [9.17, 15) is 0 Å². The number of rotatable bonds is 2. The summed E-state index contributed by atoms with van der Waals surface area (Å²) in [6.45, 7) is 0. The van der Waals surface area contributed by atoms with Gasteiger partial charge in [-0.1, -0.05) is 0 Å². The van der Waals surface area contributed by atoms with Crippen molar-refractivity contribution in [1.82, 2.24) is 0 Å². The molecule has 0 amide bonds. The van der Waals surface area contributed by atoms with Gasteiger partial charge in [-0.25, -0.2) is 0 Å². The third kappa shape index (κ3) is 7.36. The van der Waals surface area contributed by atoms with E-state index in [-0.39, 0.29) is 24.6 Å². The van der Waals surface area contributed by atoms with Crippen molar-refractivity contribution in [1.29, 1.82) is 0 Å². The smallest absolute Gasteiger partial charge is 1.00 e. The molecule has 0 N–H and O–H groups in total. The van der Waals surface area contributed by atoms with Crippen molar-refractivity contribution in [3.8, 4) is 0 Å². The summed E-state index contributed by atoms with van der Waals surface area (Å²) in [4.78, 5) is 0. The van der Waals surface area contributed by atoms with E-state index in [1.165, 1.54) is 8.81 Å². The maximum Gasteiger partial charge on any atom is 4.00 e. The quantitative estimate of drug-likeness (QED) is 0.424. The topological polar surface area (TPSA) is 0 Å². The molecule has 0 fully saturated rings. The van der Waals surface area contributed by atoms with Crippen LogP contribution in [0.2, 0.25) is 34.5 Å². The number of allylic oxidation sites excluding steroid dienone is 8. The van der Waals surface area contributed by atoms with E-state index in [1.807, 2.05) is 0 Å². The summed E-state index contributed by atoms with van der Waals surface area (Å²) in [6, 6.07) is 0. The third-order valence-corrected chi connectivity index (χ3v) is 11.2. The molecule has 104 valence electrons. The molecule has 0 aromatic carbocycles. The van der Waals surface area contributed by atoms with E-state index in [2.05, 4.69) is 71.0 Å². The van der Waals surface area contributed by atoms with E-state index in [0.29, 0.717) is 0 Å². The van der Waals surface area contributed by atoms with Crippen molar-refractivity contribution in [2.45, 2.75) is 47.4 Å². The summed E-state index contributed by atoms with van der Waals surface area (Å²) in [5.41, 5.74) is 0. The molecule has 0 spiro atoms. The second-order valence-electron chi connectivity index (χ2n) is 6.89.